The third kappa shape index (κ3) is 2.75. The quantitative estimate of drug-likeness (QED) is 0.324. The minimum absolute atomic E-state index is 0.101. The van der Waals surface area contributed by atoms with Crippen LogP contribution < -0.4 is 0 Å². The molecule has 0 aromatic heterocycles. The van der Waals surface area contributed by atoms with Gasteiger partial charge in [-0.15, -0.1) is 0 Å². The number of aldehydes is 1. The van der Waals surface area contributed by atoms with E-state index in [1.54, 1.807) is 0 Å². The van der Waals surface area contributed by atoms with Crippen molar-refractivity contribution >= 4 is 12.1 Å². The summed E-state index contributed by atoms with van der Waals surface area (Å²) in [4.78, 5) is 20.1. The van der Waals surface area contributed by atoms with E-state index >= 15 is 0 Å². The van der Waals surface area contributed by atoms with E-state index in [4.69, 9.17) is 15.3 Å². The van der Waals surface area contributed by atoms with Crippen LogP contribution in [0.15, 0.2) is 0 Å². The molecule has 0 rings (SSSR count). The first-order valence-electron chi connectivity index (χ1n) is 3.04. The first kappa shape index (κ1) is 10.2. The molecule has 3 atom stereocenters. The van der Waals surface area contributed by atoms with Gasteiger partial charge in [0.2, 0.25) is 5.78 Å². The molecular weight excluding hydrogens is 152 g/mol. The van der Waals surface area contributed by atoms with Crippen LogP contribution in [0.1, 0.15) is 6.92 Å². The summed E-state index contributed by atoms with van der Waals surface area (Å²) in [5.41, 5.74) is 0. The molecule has 0 aromatic carbocycles. The van der Waals surface area contributed by atoms with Crippen LogP contribution in [0, 0.1) is 0 Å². The van der Waals surface area contributed by atoms with Crippen molar-refractivity contribution in [3.05, 3.63) is 0 Å². The number of hydrogen-bond donors (Lipinski definition) is 3. The van der Waals surface area contributed by atoms with E-state index in [2.05, 4.69) is 0 Å². The normalized spacial score (nSPS) is 18.5. The molecule has 0 saturated heterocycles. The molecule has 0 bridgehead atoms. The van der Waals surface area contributed by atoms with Gasteiger partial charge < -0.3 is 15.3 Å². The second-order valence-corrected chi connectivity index (χ2v) is 2.20. The van der Waals surface area contributed by atoms with Crippen molar-refractivity contribution in [2.45, 2.75) is 25.2 Å². The molecule has 64 valence electrons. The number of carbonyl (C=O) groups excluding carboxylic acids is 2. The van der Waals surface area contributed by atoms with E-state index in [-0.39, 0.29) is 6.29 Å². The zero-order valence-corrected chi connectivity index (χ0v) is 5.97. The molecule has 5 nitrogen and oxygen atoms in total. The van der Waals surface area contributed by atoms with Gasteiger partial charge in [-0.25, -0.2) is 0 Å². The number of hydrogen-bond acceptors (Lipinski definition) is 5. The highest BCUT2D eigenvalue weighted by Gasteiger charge is 2.26. The van der Waals surface area contributed by atoms with Crippen molar-refractivity contribution in [2.75, 3.05) is 0 Å². The molecule has 0 aliphatic carbocycles. The van der Waals surface area contributed by atoms with E-state index in [9.17, 15) is 9.59 Å². The van der Waals surface area contributed by atoms with Crippen LogP contribution in [0.5, 0.6) is 0 Å². The van der Waals surface area contributed by atoms with E-state index < -0.39 is 24.1 Å². The van der Waals surface area contributed by atoms with Crippen molar-refractivity contribution in [2.24, 2.45) is 0 Å². The topological polar surface area (TPSA) is 94.8 Å². The Hall–Kier alpha value is -0.780. The molecule has 0 heterocycles. The molecule has 0 aromatic rings. The summed E-state index contributed by atoms with van der Waals surface area (Å²) < 4.78 is 0. The van der Waals surface area contributed by atoms with E-state index in [0.29, 0.717) is 0 Å². The van der Waals surface area contributed by atoms with Gasteiger partial charge in [0, 0.05) is 0 Å². The molecule has 0 aliphatic rings. The molecule has 0 amide bonds. The molecule has 5 heteroatoms. The number of Topliss-reactive ketones (excluding diaryl/α,β-unsaturated/α-hetero) is 1. The van der Waals surface area contributed by atoms with Gasteiger partial charge in [-0.2, -0.15) is 0 Å². The van der Waals surface area contributed by atoms with Gasteiger partial charge in [0.15, 0.2) is 6.29 Å². The Morgan fingerprint density at radius 3 is 2.09 bits per heavy atom. The van der Waals surface area contributed by atoms with Crippen LogP contribution in [0.2, 0.25) is 0 Å². The molecule has 3 N–H and O–H groups in total. The molecular formula is C6H10O5. The van der Waals surface area contributed by atoms with Crippen molar-refractivity contribution in [1.29, 1.82) is 0 Å². The smallest absolute Gasteiger partial charge is 0.226 e. The average Bonchev–Trinajstić information content (AvgIpc) is 2.00. The lowest BCUT2D eigenvalue weighted by Gasteiger charge is -2.16. The Morgan fingerprint density at radius 2 is 1.82 bits per heavy atom. The Labute approximate surface area is 63.3 Å². The fourth-order valence-electron chi connectivity index (χ4n) is 0.502. The van der Waals surface area contributed by atoms with Gasteiger partial charge in [-0.1, -0.05) is 0 Å². The summed E-state index contributed by atoms with van der Waals surface area (Å²) in [6, 6.07) is 0. The van der Waals surface area contributed by atoms with Crippen LogP contribution in [-0.4, -0.2) is 45.7 Å². The Morgan fingerprint density at radius 1 is 1.36 bits per heavy atom. The molecule has 0 spiro atoms. The van der Waals surface area contributed by atoms with E-state index in [0.717, 1.165) is 0 Å². The fourth-order valence-corrected chi connectivity index (χ4v) is 0.502. The number of aliphatic hydroxyl groups excluding tert-OH is 3. The van der Waals surface area contributed by atoms with Crippen LogP contribution in [0.25, 0.3) is 0 Å². The SMILES string of the molecule is C[C@H](O)[C@@H](O)[C@@H](O)C(=O)C=O. The van der Waals surface area contributed by atoms with Crippen molar-refractivity contribution in [3.63, 3.8) is 0 Å². The maximum atomic E-state index is 10.4. The second-order valence-electron chi connectivity index (χ2n) is 2.20. The van der Waals surface area contributed by atoms with Crippen LogP contribution in [0.4, 0.5) is 0 Å². The average molecular weight is 162 g/mol. The summed E-state index contributed by atoms with van der Waals surface area (Å²) in [6.45, 7) is 1.20. The fraction of sp³-hybridized carbons (Fsp3) is 0.667. The molecule has 0 unspecified atom stereocenters. The Balaban J connectivity index is 4.11. The largest absolute Gasteiger partial charge is 0.391 e. The monoisotopic (exact) mass is 162 g/mol. The minimum Gasteiger partial charge on any atom is -0.391 e. The van der Waals surface area contributed by atoms with Crippen molar-refractivity contribution in [3.8, 4) is 0 Å². The third-order valence-electron chi connectivity index (χ3n) is 1.23. The number of carbonyl (C=O) groups is 2. The van der Waals surface area contributed by atoms with E-state index in [1.165, 1.54) is 6.92 Å². The lowest BCUT2D eigenvalue weighted by Crippen LogP contribution is -2.41. The maximum absolute atomic E-state index is 10.4. The summed E-state index contributed by atoms with van der Waals surface area (Å²) in [5.74, 6) is -1.14. The molecule has 0 aliphatic heterocycles. The lowest BCUT2D eigenvalue weighted by atomic mass is 10.1. The summed E-state index contributed by atoms with van der Waals surface area (Å²) >= 11 is 0. The lowest BCUT2D eigenvalue weighted by molar-refractivity contribution is -0.143. The number of rotatable bonds is 4. The minimum atomic E-state index is -1.83. The van der Waals surface area contributed by atoms with Crippen molar-refractivity contribution in [1.82, 2.24) is 0 Å². The highest BCUT2D eigenvalue weighted by Crippen LogP contribution is 1.99. The number of aliphatic hydroxyl groups is 3. The molecule has 0 fully saturated rings. The van der Waals surface area contributed by atoms with Gasteiger partial charge in [0.05, 0.1) is 6.10 Å². The van der Waals surface area contributed by atoms with Gasteiger partial charge in [-0.3, -0.25) is 9.59 Å². The third-order valence-corrected chi connectivity index (χ3v) is 1.23. The summed E-state index contributed by atoms with van der Waals surface area (Å²) in [5, 5.41) is 26.2. The highest BCUT2D eigenvalue weighted by molar-refractivity contribution is 6.27. The van der Waals surface area contributed by atoms with E-state index in [1.807, 2.05) is 0 Å². The maximum Gasteiger partial charge on any atom is 0.226 e. The number of ketones is 1. The molecule has 0 radical (unpaired) electrons. The first-order chi connectivity index (χ1) is 5.00. The predicted molar refractivity (Wildman–Crippen MR) is 34.8 cm³/mol. The second kappa shape index (κ2) is 4.17. The molecule has 11 heavy (non-hydrogen) atoms. The standard InChI is InChI=1S/C6H10O5/c1-3(8)5(10)6(11)4(9)2-7/h2-3,5-6,8,10-11H,1H3/t3-,5+,6-/m0/s1. The zero-order chi connectivity index (χ0) is 9.02. The van der Waals surface area contributed by atoms with Gasteiger partial charge in [0.25, 0.3) is 0 Å². The molecule has 0 saturated carbocycles. The van der Waals surface area contributed by atoms with Crippen LogP contribution in [-0.2, 0) is 9.59 Å². The highest BCUT2D eigenvalue weighted by atomic mass is 16.4. The van der Waals surface area contributed by atoms with Crippen LogP contribution >= 0.6 is 0 Å². The van der Waals surface area contributed by atoms with Gasteiger partial charge in [-0.05, 0) is 6.92 Å². The Kier molecular flexibility index (Phi) is 3.88. The first-order valence-corrected chi connectivity index (χ1v) is 3.04. The zero-order valence-electron chi connectivity index (χ0n) is 5.97. The summed E-state index contributed by atoms with van der Waals surface area (Å²) in [6.07, 6.45) is -4.77. The van der Waals surface area contributed by atoms with Gasteiger partial charge in [0.1, 0.15) is 12.2 Å². The predicted octanol–water partition coefficient (Wildman–Crippen LogP) is -2.14. The van der Waals surface area contributed by atoms with Crippen LogP contribution in [0.3, 0.4) is 0 Å². The van der Waals surface area contributed by atoms with Crippen molar-refractivity contribution < 1.29 is 24.9 Å². The van der Waals surface area contributed by atoms with Gasteiger partial charge >= 0.3 is 0 Å². The summed E-state index contributed by atoms with van der Waals surface area (Å²) in [7, 11) is 0. The Bertz CT molecular complexity index is 153.